The third-order valence-electron chi connectivity index (χ3n) is 3.17. The standard InChI is InChI=1S/C15H15BrN6/c1-10-8-11(2)21(20-10)15-19-18-12(3)22(15)17-9-13-4-6-14(16)7-5-13/h4-9H,1-3H3/b17-9-. The zero-order chi connectivity index (χ0) is 15.7. The largest absolute Gasteiger partial charge is 0.273 e. The quantitative estimate of drug-likeness (QED) is 0.676. The van der Waals surface area contributed by atoms with E-state index in [0.29, 0.717) is 11.8 Å². The maximum atomic E-state index is 4.48. The molecule has 0 N–H and O–H groups in total. The van der Waals surface area contributed by atoms with Crippen LogP contribution in [-0.4, -0.2) is 30.9 Å². The molecule has 2 heterocycles. The molecule has 112 valence electrons. The van der Waals surface area contributed by atoms with Crippen LogP contribution in [0.5, 0.6) is 0 Å². The Bertz CT molecular complexity index is 828. The van der Waals surface area contributed by atoms with Gasteiger partial charge in [0.15, 0.2) is 5.82 Å². The zero-order valence-corrected chi connectivity index (χ0v) is 14.1. The highest BCUT2D eigenvalue weighted by Crippen LogP contribution is 2.12. The lowest BCUT2D eigenvalue weighted by molar-refractivity contribution is 0.708. The van der Waals surface area contributed by atoms with E-state index in [4.69, 9.17) is 0 Å². The van der Waals surface area contributed by atoms with Gasteiger partial charge in [0, 0.05) is 10.2 Å². The van der Waals surface area contributed by atoms with E-state index >= 15 is 0 Å². The van der Waals surface area contributed by atoms with Crippen LogP contribution in [0.1, 0.15) is 22.8 Å². The van der Waals surface area contributed by atoms with Crippen LogP contribution in [0.2, 0.25) is 0 Å². The van der Waals surface area contributed by atoms with Crippen molar-refractivity contribution in [3.8, 4) is 5.95 Å². The molecule has 0 saturated carbocycles. The predicted molar refractivity (Wildman–Crippen MR) is 88.5 cm³/mol. The van der Waals surface area contributed by atoms with E-state index in [1.165, 1.54) is 0 Å². The van der Waals surface area contributed by atoms with Crippen molar-refractivity contribution in [3.63, 3.8) is 0 Å². The molecule has 0 radical (unpaired) electrons. The van der Waals surface area contributed by atoms with Crippen molar-refractivity contribution >= 4 is 22.1 Å². The van der Waals surface area contributed by atoms with E-state index in [0.717, 1.165) is 21.4 Å². The van der Waals surface area contributed by atoms with E-state index in [1.807, 2.05) is 51.1 Å². The van der Waals surface area contributed by atoms with Crippen LogP contribution in [0.3, 0.4) is 0 Å². The van der Waals surface area contributed by atoms with Crippen molar-refractivity contribution in [1.82, 2.24) is 24.7 Å². The molecule has 22 heavy (non-hydrogen) atoms. The van der Waals surface area contributed by atoms with Gasteiger partial charge in [0.1, 0.15) is 0 Å². The van der Waals surface area contributed by atoms with Crippen LogP contribution in [0.4, 0.5) is 0 Å². The maximum Gasteiger partial charge on any atom is 0.273 e. The Morgan fingerprint density at radius 2 is 1.82 bits per heavy atom. The lowest BCUT2D eigenvalue weighted by atomic mass is 10.2. The summed E-state index contributed by atoms with van der Waals surface area (Å²) in [7, 11) is 0. The van der Waals surface area contributed by atoms with Crippen LogP contribution >= 0.6 is 15.9 Å². The molecule has 0 saturated heterocycles. The van der Waals surface area contributed by atoms with Gasteiger partial charge in [0.2, 0.25) is 0 Å². The smallest absolute Gasteiger partial charge is 0.202 e. The Morgan fingerprint density at radius 1 is 1.09 bits per heavy atom. The molecule has 0 aliphatic rings. The van der Waals surface area contributed by atoms with Crippen LogP contribution in [-0.2, 0) is 0 Å². The van der Waals surface area contributed by atoms with Crippen LogP contribution < -0.4 is 0 Å². The third kappa shape index (κ3) is 2.85. The average Bonchev–Trinajstić information content (AvgIpc) is 3.00. The first-order valence-corrected chi connectivity index (χ1v) is 7.59. The number of benzene rings is 1. The maximum absolute atomic E-state index is 4.48. The highest BCUT2D eigenvalue weighted by Gasteiger charge is 2.13. The molecule has 1 aromatic carbocycles. The summed E-state index contributed by atoms with van der Waals surface area (Å²) in [6.45, 7) is 5.79. The van der Waals surface area contributed by atoms with E-state index in [9.17, 15) is 0 Å². The van der Waals surface area contributed by atoms with E-state index in [2.05, 4.69) is 36.3 Å². The van der Waals surface area contributed by atoms with E-state index in [1.54, 1.807) is 15.6 Å². The summed E-state index contributed by atoms with van der Waals surface area (Å²) in [5.74, 6) is 1.28. The molecule has 0 aliphatic carbocycles. The molecule has 3 rings (SSSR count). The fourth-order valence-electron chi connectivity index (χ4n) is 2.12. The molecule has 0 unspecified atom stereocenters. The number of nitrogens with zero attached hydrogens (tertiary/aromatic N) is 6. The molecule has 7 heteroatoms. The lowest BCUT2D eigenvalue weighted by Crippen LogP contribution is -2.07. The van der Waals surface area contributed by atoms with Crippen molar-refractivity contribution in [1.29, 1.82) is 0 Å². The van der Waals surface area contributed by atoms with E-state index < -0.39 is 0 Å². The van der Waals surface area contributed by atoms with Gasteiger partial charge in [-0.25, -0.2) is 4.68 Å². The summed E-state index contributed by atoms with van der Waals surface area (Å²) >= 11 is 3.42. The molecule has 6 nitrogen and oxygen atoms in total. The van der Waals surface area contributed by atoms with Crippen LogP contribution in [0, 0.1) is 20.8 Å². The van der Waals surface area contributed by atoms with Gasteiger partial charge in [0.05, 0.1) is 11.9 Å². The first kappa shape index (κ1) is 14.6. The Balaban J connectivity index is 1.99. The average molecular weight is 359 g/mol. The van der Waals surface area contributed by atoms with Crippen molar-refractivity contribution in [2.24, 2.45) is 5.10 Å². The molecule has 0 bridgehead atoms. The third-order valence-corrected chi connectivity index (χ3v) is 3.70. The Kier molecular flexibility index (Phi) is 3.89. The molecular formula is C15H15BrN6. The Hall–Kier alpha value is -2.28. The van der Waals surface area contributed by atoms with Gasteiger partial charge in [-0.1, -0.05) is 28.1 Å². The van der Waals surface area contributed by atoms with E-state index in [-0.39, 0.29) is 0 Å². The number of rotatable bonds is 3. The zero-order valence-electron chi connectivity index (χ0n) is 12.5. The van der Waals surface area contributed by atoms with Crippen molar-refractivity contribution in [3.05, 3.63) is 57.6 Å². The second kappa shape index (κ2) is 5.84. The number of hydrogen-bond acceptors (Lipinski definition) is 4. The van der Waals surface area contributed by atoms with Crippen molar-refractivity contribution in [2.45, 2.75) is 20.8 Å². The SMILES string of the molecule is Cc1cc(C)n(-c2nnc(C)n2/N=C\c2ccc(Br)cc2)n1. The highest BCUT2D eigenvalue weighted by atomic mass is 79.9. The Labute approximate surface area is 136 Å². The number of halogens is 1. The fourth-order valence-corrected chi connectivity index (χ4v) is 2.38. The molecule has 0 atom stereocenters. The van der Waals surface area contributed by atoms with Gasteiger partial charge >= 0.3 is 0 Å². The summed E-state index contributed by atoms with van der Waals surface area (Å²) in [6, 6.07) is 9.91. The van der Waals surface area contributed by atoms with Crippen LogP contribution in [0.15, 0.2) is 39.9 Å². The Morgan fingerprint density at radius 3 is 2.45 bits per heavy atom. The number of aromatic nitrogens is 5. The monoisotopic (exact) mass is 358 g/mol. The molecule has 0 amide bonds. The molecule has 0 spiro atoms. The second-order valence-corrected chi connectivity index (χ2v) is 5.91. The minimum atomic E-state index is 0.580. The normalized spacial score (nSPS) is 11.5. The summed E-state index contributed by atoms with van der Waals surface area (Å²) < 4.78 is 4.46. The molecule has 0 fully saturated rings. The molecule has 2 aromatic heterocycles. The minimum absolute atomic E-state index is 0.580. The van der Waals surface area contributed by atoms with Crippen molar-refractivity contribution < 1.29 is 0 Å². The summed E-state index contributed by atoms with van der Waals surface area (Å²) in [6.07, 6.45) is 1.78. The summed E-state index contributed by atoms with van der Waals surface area (Å²) in [5.41, 5.74) is 2.92. The van der Waals surface area contributed by atoms with Gasteiger partial charge in [-0.15, -0.1) is 10.2 Å². The predicted octanol–water partition coefficient (Wildman–Crippen LogP) is 3.03. The fraction of sp³-hybridized carbons (Fsp3) is 0.200. The first-order chi connectivity index (χ1) is 10.5. The van der Waals surface area contributed by atoms with Gasteiger partial charge in [-0.05, 0) is 44.5 Å². The van der Waals surface area contributed by atoms with Gasteiger partial charge in [-0.3, -0.25) is 0 Å². The summed E-state index contributed by atoms with van der Waals surface area (Å²) in [5, 5.41) is 17.2. The topological polar surface area (TPSA) is 60.9 Å². The van der Waals surface area contributed by atoms with Crippen molar-refractivity contribution in [2.75, 3.05) is 0 Å². The minimum Gasteiger partial charge on any atom is -0.202 e. The van der Waals surface area contributed by atoms with Gasteiger partial charge in [-0.2, -0.15) is 14.9 Å². The van der Waals surface area contributed by atoms with Gasteiger partial charge in [0.25, 0.3) is 5.95 Å². The molecule has 0 aliphatic heterocycles. The summed E-state index contributed by atoms with van der Waals surface area (Å²) in [4.78, 5) is 0. The molecular weight excluding hydrogens is 344 g/mol. The van der Waals surface area contributed by atoms with Crippen LogP contribution in [0.25, 0.3) is 5.95 Å². The second-order valence-electron chi connectivity index (χ2n) is 4.99. The number of hydrogen-bond donors (Lipinski definition) is 0. The highest BCUT2D eigenvalue weighted by molar-refractivity contribution is 9.10. The molecule has 3 aromatic rings. The number of aryl methyl sites for hydroxylation is 3. The van der Waals surface area contributed by atoms with Gasteiger partial charge < -0.3 is 0 Å². The lowest BCUT2D eigenvalue weighted by Gasteiger charge is -2.03. The first-order valence-electron chi connectivity index (χ1n) is 6.80.